The van der Waals surface area contributed by atoms with E-state index in [9.17, 15) is 5.11 Å². The monoisotopic (exact) mass is 319 g/mol. The summed E-state index contributed by atoms with van der Waals surface area (Å²) >= 11 is 5.99. The number of rotatable bonds is 5. The summed E-state index contributed by atoms with van der Waals surface area (Å²) in [7, 11) is 0. The van der Waals surface area contributed by atoms with Crippen LogP contribution in [-0.2, 0) is 6.42 Å². The van der Waals surface area contributed by atoms with Crippen LogP contribution in [0.15, 0.2) is 49.1 Å². The third-order valence-corrected chi connectivity index (χ3v) is 3.76. The highest BCUT2D eigenvalue weighted by Crippen LogP contribution is 2.28. The smallest absolute Gasteiger partial charge is 0.137 e. The minimum absolute atomic E-state index is 0.248. The van der Waals surface area contributed by atoms with Crippen molar-refractivity contribution < 1.29 is 5.11 Å². The lowest BCUT2D eigenvalue weighted by Crippen LogP contribution is -2.34. The van der Waals surface area contributed by atoms with E-state index < -0.39 is 6.10 Å². The van der Waals surface area contributed by atoms with Crippen LogP contribution in [0.4, 0.5) is 0 Å². The SMILES string of the molecule is CC(C)(C)C(O)C(/C=C/Cc1cccc(Cl)c1)n1cncn1. The van der Waals surface area contributed by atoms with Gasteiger partial charge in [0.05, 0.1) is 12.1 Å². The van der Waals surface area contributed by atoms with Gasteiger partial charge >= 0.3 is 0 Å². The highest BCUT2D eigenvalue weighted by atomic mass is 35.5. The Bertz CT molecular complexity index is 617. The van der Waals surface area contributed by atoms with E-state index in [0.29, 0.717) is 0 Å². The van der Waals surface area contributed by atoms with Crippen LogP contribution in [-0.4, -0.2) is 26.0 Å². The molecule has 0 bridgehead atoms. The van der Waals surface area contributed by atoms with Crippen molar-refractivity contribution in [2.24, 2.45) is 5.41 Å². The van der Waals surface area contributed by atoms with Crippen LogP contribution >= 0.6 is 11.6 Å². The largest absolute Gasteiger partial charge is 0.390 e. The molecule has 1 aromatic heterocycles. The summed E-state index contributed by atoms with van der Waals surface area (Å²) in [5.74, 6) is 0. The van der Waals surface area contributed by atoms with Crippen LogP contribution in [0.1, 0.15) is 32.4 Å². The van der Waals surface area contributed by atoms with Gasteiger partial charge in [0, 0.05) is 5.02 Å². The van der Waals surface area contributed by atoms with Crippen molar-refractivity contribution in [3.63, 3.8) is 0 Å². The molecule has 0 fully saturated rings. The molecule has 2 aromatic rings. The first-order chi connectivity index (χ1) is 10.4. The van der Waals surface area contributed by atoms with Crippen LogP contribution in [0, 0.1) is 5.41 Å². The first-order valence-electron chi connectivity index (χ1n) is 7.31. The van der Waals surface area contributed by atoms with Gasteiger partial charge in [-0.15, -0.1) is 0 Å². The van der Waals surface area contributed by atoms with E-state index in [4.69, 9.17) is 11.6 Å². The summed E-state index contributed by atoms with van der Waals surface area (Å²) in [6.45, 7) is 6.02. The maximum Gasteiger partial charge on any atom is 0.137 e. The molecule has 0 radical (unpaired) electrons. The number of aliphatic hydroxyl groups is 1. The number of aromatic nitrogens is 3. The zero-order valence-corrected chi connectivity index (χ0v) is 13.9. The molecule has 1 aromatic carbocycles. The van der Waals surface area contributed by atoms with Gasteiger partial charge in [0.2, 0.25) is 0 Å². The van der Waals surface area contributed by atoms with Gasteiger partial charge in [-0.05, 0) is 29.5 Å². The summed E-state index contributed by atoms with van der Waals surface area (Å²) < 4.78 is 1.68. The maximum atomic E-state index is 10.6. The lowest BCUT2D eigenvalue weighted by molar-refractivity contribution is 0.0284. The molecule has 0 aliphatic rings. The highest BCUT2D eigenvalue weighted by molar-refractivity contribution is 6.30. The molecule has 0 saturated heterocycles. The van der Waals surface area contributed by atoms with Crippen LogP contribution < -0.4 is 0 Å². The Hall–Kier alpha value is -1.65. The fourth-order valence-electron chi connectivity index (χ4n) is 2.23. The molecular formula is C17H22ClN3O. The van der Waals surface area contributed by atoms with Crippen molar-refractivity contribution >= 4 is 11.6 Å². The first kappa shape index (κ1) is 16.7. The minimum atomic E-state index is -0.565. The molecule has 2 unspecified atom stereocenters. The van der Waals surface area contributed by atoms with Crippen LogP contribution in [0.2, 0.25) is 5.02 Å². The van der Waals surface area contributed by atoms with Gasteiger partial charge in [-0.1, -0.05) is 56.7 Å². The van der Waals surface area contributed by atoms with Gasteiger partial charge in [0.25, 0.3) is 0 Å². The van der Waals surface area contributed by atoms with Crippen molar-refractivity contribution in [2.45, 2.75) is 39.3 Å². The quantitative estimate of drug-likeness (QED) is 0.855. The number of allylic oxidation sites excluding steroid dienone is 1. The third kappa shape index (κ3) is 4.42. The average Bonchev–Trinajstić information content (AvgIpc) is 2.96. The van der Waals surface area contributed by atoms with Crippen LogP contribution in [0.3, 0.4) is 0 Å². The Morgan fingerprint density at radius 2 is 2.14 bits per heavy atom. The van der Waals surface area contributed by atoms with Gasteiger partial charge in [0.15, 0.2) is 0 Å². The Morgan fingerprint density at radius 3 is 2.73 bits per heavy atom. The van der Waals surface area contributed by atoms with Gasteiger partial charge in [-0.2, -0.15) is 5.10 Å². The minimum Gasteiger partial charge on any atom is -0.390 e. The summed E-state index contributed by atoms with van der Waals surface area (Å²) in [5, 5.41) is 15.5. The number of aliphatic hydroxyl groups excluding tert-OH is 1. The van der Waals surface area contributed by atoms with Crippen molar-refractivity contribution in [1.29, 1.82) is 0 Å². The van der Waals surface area contributed by atoms with Crippen molar-refractivity contribution in [1.82, 2.24) is 14.8 Å². The van der Waals surface area contributed by atoms with Crippen molar-refractivity contribution in [3.8, 4) is 0 Å². The second-order valence-corrected chi connectivity index (χ2v) is 6.88. The Labute approximate surface area is 136 Å². The predicted octanol–water partition coefficient (Wildman–Crippen LogP) is 3.68. The summed E-state index contributed by atoms with van der Waals surface area (Å²) in [6.07, 6.45) is 7.31. The maximum absolute atomic E-state index is 10.6. The summed E-state index contributed by atoms with van der Waals surface area (Å²) in [4.78, 5) is 3.97. The summed E-state index contributed by atoms with van der Waals surface area (Å²) in [5.41, 5.74) is 0.878. The van der Waals surface area contributed by atoms with Crippen LogP contribution in [0.5, 0.6) is 0 Å². The third-order valence-electron chi connectivity index (χ3n) is 3.53. The lowest BCUT2D eigenvalue weighted by Gasteiger charge is -2.31. The fourth-order valence-corrected chi connectivity index (χ4v) is 2.44. The van der Waals surface area contributed by atoms with Gasteiger partial charge in [-0.25, -0.2) is 9.67 Å². The molecule has 0 aliphatic heterocycles. The Kier molecular flexibility index (Phi) is 5.37. The highest BCUT2D eigenvalue weighted by Gasteiger charge is 2.30. The van der Waals surface area contributed by atoms with Gasteiger partial charge < -0.3 is 5.11 Å². The first-order valence-corrected chi connectivity index (χ1v) is 7.69. The second-order valence-electron chi connectivity index (χ2n) is 6.44. The molecule has 5 heteroatoms. The molecule has 0 saturated carbocycles. The molecule has 0 aliphatic carbocycles. The molecule has 1 N–H and O–H groups in total. The number of nitrogens with zero attached hydrogens (tertiary/aromatic N) is 3. The lowest BCUT2D eigenvalue weighted by atomic mass is 9.84. The van der Waals surface area contributed by atoms with E-state index in [1.165, 1.54) is 6.33 Å². The summed E-state index contributed by atoms with van der Waals surface area (Å²) in [6, 6.07) is 7.51. The topological polar surface area (TPSA) is 50.9 Å². The molecule has 4 nitrogen and oxygen atoms in total. The number of benzene rings is 1. The number of hydrogen-bond acceptors (Lipinski definition) is 3. The fraction of sp³-hybridized carbons (Fsp3) is 0.412. The molecular weight excluding hydrogens is 298 g/mol. The standard InChI is InChI=1S/C17H22ClN3O/c1-17(2,3)16(22)15(21-12-19-11-20-21)9-5-7-13-6-4-8-14(18)10-13/h4-6,8-12,15-16,22H,7H2,1-3H3/b9-5+. The zero-order valence-electron chi connectivity index (χ0n) is 13.1. The van der Waals surface area contributed by atoms with Gasteiger partial charge in [-0.3, -0.25) is 0 Å². The molecule has 2 rings (SSSR count). The molecule has 22 heavy (non-hydrogen) atoms. The molecule has 0 amide bonds. The normalized spacial score (nSPS) is 15.1. The average molecular weight is 320 g/mol. The zero-order chi connectivity index (χ0) is 16.2. The second kappa shape index (κ2) is 7.07. The van der Waals surface area contributed by atoms with Crippen LogP contribution in [0.25, 0.3) is 0 Å². The molecule has 2 atom stereocenters. The van der Waals surface area contributed by atoms with E-state index in [0.717, 1.165) is 17.0 Å². The predicted molar refractivity (Wildman–Crippen MR) is 88.8 cm³/mol. The van der Waals surface area contributed by atoms with E-state index in [1.807, 2.05) is 57.2 Å². The molecule has 0 spiro atoms. The van der Waals surface area contributed by atoms with Crippen molar-refractivity contribution in [2.75, 3.05) is 0 Å². The van der Waals surface area contributed by atoms with Gasteiger partial charge in [0.1, 0.15) is 12.7 Å². The van der Waals surface area contributed by atoms with E-state index >= 15 is 0 Å². The molecule has 1 heterocycles. The van der Waals surface area contributed by atoms with E-state index in [-0.39, 0.29) is 11.5 Å². The molecule has 118 valence electrons. The Balaban J connectivity index is 2.15. The van der Waals surface area contributed by atoms with E-state index in [1.54, 1.807) is 11.0 Å². The van der Waals surface area contributed by atoms with Crippen molar-refractivity contribution in [3.05, 3.63) is 59.7 Å². The van der Waals surface area contributed by atoms with E-state index in [2.05, 4.69) is 10.1 Å². The number of hydrogen-bond donors (Lipinski definition) is 1. The Morgan fingerprint density at radius 1 is 1.36 bits per heavy atom. The number of halogens is 1.